The van der Waals surface area contributed by atoms with Gasteiger partial charge in [0.15, 0.2) is 0 Å². The molecule has 0 amide bonds. The summed E-state index contributed by atoms with van der Waals surface area (Å²) in [4.78, 5) is 0. The van der Waals surface area contributed by atoms with Gasteiger partial charge in [-0.3, -0.25) is 0 Å². The molecule has 0 spiro atoms. The molecule has 1 N–H and O–H groups in total. The van der Waals surface area contributed by atoms with Crippen molar-refractivity contribution in [2.24, 2.45) is 5.41 Å². The maximum atomic E-state index is 5.84. The van der Waals surface area contributed by atoms with Crippen LogP contribution < -0.4 is 10.1 Å². The maximum absolute atomic E-state index is 5.84. The Morgan fingerprint density at radius 1 is 1.21 bits per heavy atom. The van der Waals surface area contributed by atoms with E-state index in [1.807, 2.05) is 30.3 Å². The largest absolute Gasteiger partial charge is 0.494 e. The Balaban J connectivity index is 1.75. The fourth-order valence-corrected chi connectivity index (χ4v) is 2.52. The molecule has 19 heavy (non-hydrogen) atoms. The molecule has 1 atom stereocenters. The molecule has 1 aliphatic rings. The lowest BCUT2D eigenvalue weighted by molar-refractivity contribution is 0.192. The lowest BCUT2D eigenvalue weighted by Gasteiger charge is -2.30. The van der Waals surface area contributed by atoms with Crippen LogP contribution in [-0.4, -0.2) is 19.2 Å². The number of benzene rings is 1. The summed E-state index contributed by atoms with van der Waals surface area (Å²) >= 11 is 0. The highest BCUT2D eigenvalue weighted by Gasteiger charge is 2.27. The third-order valence-electron chi connectivity index (χ3n) is 3.97. The van der Waals surface area contributed by atoms with E-state index < -0.39 is 0 Å². The molecule has 0 saturated heterocycles. The summed E-state index contributed by atoms with van der Waals surface area (Å²) in [5.74, 6) is 0.983. The molecule has 1 aromatic carbocycles. The standard InChI is InChI=1S/C17H27NO/c1-3-11-17(2,14-18-15-9-10-15)12-13-19-16-7-5-4-6-8-16/h4-8,15,18H,3,9-14H2,1-2H3. The van der Waals surface area contributed by atoms with Gasteiger partial charge in [-0.15, -0.1) is 0 Å². The molecule has 1 fully saturated rings. The van der Waals surface area contributed by atoms with Gasteiger partial charge in [0.05, 0.1) is 6.61 Å². The second-order valence-electron chi connectivity index (χ2n) is 6.13. The monoisotopic (exact) mass is 261 g/mol. The second-order valence-corrected chi connectivity index (χ2v) is 6.13. The van der Waals surface area contributed by atoms with Gasteiger partial charge in [-0.1, -0.05) is 38.5 Å². The van der Waals surface area contributed by atoms with Crippen molar-refractivity contribution in [3.63, 3.8) is 0 Å². The lowest BCUT2D eigenvalue weighted by atomic mass is 9.82. The molecule has 1 aromatic rings. The van der Waals surface area contributed by atoms with E-state index >= 15 is 0 Å². The number of hydrogen-bond donors (Lipinski definition) is 1. The minimum absolute atomic E-state index is 0.367. The normalized spacial score (nSPS) is 18.0. The summed E-state index contributed by atoms with van der Waals surface area (Å²) in [6.45, 7) is 6.60. The Labute approximate surface area is 117 Å². The van der Waals surface area contributed by atoms with Crippen LogP contribution in [0.2, 0.25) is 0 Å². The second kappa shape index (κ2) is 6.95. The van der Waals surface area contributed by atoms with Crippen LogP contribution in [0.5, 0.6) is 5.75 Å². The smallest absolute Gasteiger partial charge is 0.119 e. The minimum atomic E-state index is 0.367. The van der Waals surface area contributed by atoms with Crippen LogP contribution in [-0.2, 0) is 0 Å². The Morgan fingerprint density at radius 3 is 2.58 bits per heavy atom. The van der Waals surface area contributed by atoms with E-state index in [0.29, 0.717) is 5.41 Å². The summed E-state index contributed by atoms with van der Waals surface area (Å²) in [6, 6.07) is 10.9. The molecule has 2 heteroatoms. The summed E-state index contributed by atoms with van der Waals surface area (Å²) in [6.07, 6.45) is 6.36. The molecule has 2 rings (SSSR count). The first kappa shape index (κ1) is 14.4. The number of ether oxygens (including phenoxy) is 1. The molecule has 1 saturated carbocycles. The molecule has 1 unspecified atom stereocenters. The van der Waals surface area contributed by atoms with Crippen molar-refractivity contribution in [1.29, 1.82) is 0 Å². The lowest BCUT2D eigenvalue weighted by Crippen LogP contribution is -2.34. The van der Waals surface area contributed by atoms with Crippen LogP contribution >= 0.6 is 0 Å². The van der Waals surface area contributed by atoms with Crippen molar-refractivity contribution in [3.05, 3.63) is 30.3 Å². The molecule has 1 aliphatic carbocycles. The van der Waals surface area contributed by atoms with Gasteiger partial charge < -0.3 is 10.1 Å². The van der Waals surface area contributed by atoms with Crippen molar-refractivity contribution in [1.82, 2.24) is 5.32 Å². The number of rotatable bonds is 9. The molecular weight excluding hydrogens is 234 g/mol. The van der Waals surface area contributed by atoms with E-state index in [2.05, 4.69) is 19.2 Å². The van der Waals surface area contributed by atoms with E-state index in [-0.39, 0.29) is 0 Å². The van der Waals surface area contributed by atoms with Crippen molar-refractivity contribution in [2.45, 2.75) is 52.0 Å². The Bertz CT molecular complexity index is 361. The van der Waals surface area contributed by atoms with Crippen molar-refractivity contribution in [3.8, 4) is 5.75 Å². The van der Waals surface area contributed by atoms with Gasteiger partial charge in [0.25, 0.3) is 0 Å². The van der Waals surface area contributed by atoms with Gasteiger partial charge >= 0.3 is 0 Å². The summed E-state index contributed by atoms with van der Waals surface area (Å²) < 4.78 is 5.84. The third kappa shape index (κ3) is 5.23. The predicted molar refractivity (Wildman–Crippen MR) is 80.6 cm³/mol. The van der Waals surface area contributed by atoms with Gasteiger partial charge in [-0.25, -0.2) is 0 Å². The zero-order chi connectivity index (χ0) is 13.6. The van der Waals surface area contributed by atoms with Gasteiger partial charge in [0, 0.05) is 12.6 Å². The summed E-state index contributed by atoms with van der Waals surface area (Å²) in [5, 5.41) is 3.68. The molecule has 0 heterocycles. The molecule has 0 aliphatic heterocycles. The Hall–Kier alpha value is -1.02. The Kier molecular flexibility index (Phi) is 5.26. The first-order valence-electron chi connectivity index (χ1n) is 7.63. The van der Waals surface area contributed by atoms with Crippen LogP contribution in [0.3, 0.4) is 0 Å². The zero-order valence-corrected chi connectivity index (χ0v) is 12.3. The molecule has 0 bridgehead atoms. The van der Waals surface area contributed by atoms with E-state index in [1.165, 1.54) is 25.7 Å². The van der Waals surface area contributed by atoms with Crippen LogP contribution in [0.1, 0.15) is 46.0 Å². The molecule has 2 nitrogen and oxygen atoms in total. The van der Waals surface area contributed by atoms with E-state index in [9.17, 15) is 0 Å². The number of para-hydroxylation sites is 1. The highest BCUT2D eigenvalue weighted by Crippen LogP contribution is 2.29. The van der Waals surface area contributed by atoms with Gasteiger partial charge in [0.2, 0.25) is 0 Å². The average molecular weight is 261 g/mol. The highest BCUT2D eigenvalue weighted by molar-refractivity contribution is 5.20. The zero-order valence-electron chi connectivity index (χ0n) is 12.3. The first-order chi connectivity index (χ1) is 9.22. The predicted octanol–water partition coefficient (Wildman–Crippen LogP) is 4.01. The third-order valence-corrected chi connectivity index (χ3v) is 3.97. The molecule has 0 radical (unpaired) electrons. The summed E-state index contributed by atoms with van der Waals surface area (Å²) in [7, 11) is 0. The van der Waals surface area contributed by atoms with Crippen LogP contribution in [0.15, 0.2) is 30.3 Å². The fraction of sp³-hybridized carbons (Fsp3) is 0.647. The molecule has 106 valence electrons. The van der Waals surface area contributed by atoms with Crippen LogP contribution in [0.4, 0.5) is 0 Å². The highest BCUT2D eigenvalue weighted by atomic mass is 16.5. The molecule has 0 aromatic heterocycles. The molecular formula is C17H27NO. The average Bonchev–Trinajstić information content (AvgIpc) is 3.22. The fourth-order valence-electron chi connectivity index (χ4n) is 2.52. The van der Waals surface area contributed by atoms with Crippen LogP contribution in [0.25, 0.3) is 0 Å². The van der Waals surface area contributed by atoms with Crippen molar-refractivity contribution in [2.75, 3.05) is 13.2 Å². The van der Waals surface area contributed by atoms with Gasteiger partial charge in [-0.05, 0) is 43.2 Å². The van der Waals surface area contributed by atoms with Crippen molar-refractivity contribution >= 4 is 0 Å². The minimum Gasteiger partial charge on any atom is -0.494 e. The number of hydrogen-bond acceptors (Lipinski definition) is 2. The number of nitrogens with one attached hydrogen (secondary N) is 1. The van der Waals surface area contributed by atoms with E-state index in [0.717, 1.165) is 31.4 Å². The van der Waals surface area contributed by atoms with Gasteiger partial charge in [0.1, 0.15) is 5.75 Å². The van der Waals surface area contributed by atoms with Crippen molar-refractivity contribution < 1.29 is 4.74 Å². The SMILES string of the molecule is CCCC(C)(CCOc1ccccc1)CNC1CC1. The van der Waals surface area contributed by atoms with E-state index in [1.54, 1.807) is 0 Å². The Morgan fingerprint density at radius 2 is 1.95 bits per heavy atom. The van der Waals surface area contributed by atoms with Crippen LogP contribution in [0, 0.1) is 5.41 Å². The quantitative estimate of drug-likeness (QED) is 0.725. The van der Waals surface area contributed by atoms with Gasteiger partial charge in [-0.2, -0.15) is 0 Å². The summed E-state index contributed by atoms with van der Waals surface area (Å²) in [5.41, 5.74) is 0.367. The van der Waals surface area contributed by atoms with E-state index in [4.69, 9.17) is 4.74 Å². The maximum Gasteiger partial charge on any atom is 0.119 e. The first-order valence-corrected chi connectivity index (χ1v) is 7.63. The topological polar surface area (TPSA) is 21.3 Å².